The van der Waals surface area contributed by atoms with Gasteiger partial charge >= 0.3 is 0 Å². The minimum atomic E-state index is 0.749. The van der Waals surface area contributed by atoms with Gasteiger partial charge in [-0.2, -0.15) is 0 Å². The van der Waals surface area contributed by atoms with Crippen molar-refractivity contribution in [3.63, 3.8) is 0 Å². The molecule has 0 aliphatic rings. The fraction of sp³-hybridized carbons (Fsp3) is 0.647. The molecule has 1 rings (SSSR count). The number of hydrogen-bond acceptors (Lipinski definition) is 1. The molecule has 0 bridgehead atoms. The van der Waals surface area contributed by atoms with Crippen LogP contribution in [-0.4, -0.2) is 13.1 Å². The van der Waals surface area contributed by atoms with E-state index in [1.54, 1.807) is 0 Å². The van der Waals surface area contributed by atoms with Crippen molar-refractivity contribution in [3.8, 4) is 0 Å². The monoisotopic (exact) mass is 281 g/mol. The Morgan fingerprint density at radius 2 is 1.79 bits per heavy atom. The second kappa shape index (κ2) is 10.3. The number of rotatable bonds is 10. The van der Waals surface area contributed by atoms with Gasteiger partial charge in [-0.1, -0.05) is 56.8 Å². The first kappa shape index (κ1) is 16.5. The van der Waals surface area contributed by atoms with Crippen LogP contribution in [0, 0.1) is 5.92 Å². The summed E-state index contributed by atoms with van der Waals surface area (Å²) >= 11 is 5.94. The topological polar surface area (TPSA) is 12.0 Å². The maximum atomic E-state index is 5.94. The molecule has 1 aromatic rings. The van der Waals surface area contributed by atoms with Crippen LogP contribution in [0.2, 0.25) is 5.02 Å². The zero-order valence-electron chi connectivity index (χ0n) is 12.4. The smallest absolute Gasteiger partial charge is 0.0406 e. The van der Waals surface area contributed by atoms with E-state index in [1.165, 1.54) is 37.7 Å². The summed E-state index contributed by atoms with van der Waals surface area (Å²) in [4.78, 5) is 0. The van der Waals surface area contributed by atoms with Gasteiger partial charge in [-0.15, -0.1) is 0 Å². The van der Waals surface area contributed by atoms with E-state index in [0.29, 0.717) is 0 Å². The van der Waals surface area contributed by atoms with Crippen molar-refractivity contribution >= 4 is 11.6 Å². The molecular formula is C17H28ClN. The molecule has 2 heteroatoms. The number of benzene rings is 1. The molecule has 0 aliphatic carbocycles. The van der Waals surface area contributed by atoms with Crippen LogP contribution < -0.4 is 5.32 Å². The Hall–Kier alpha value is -0.530. The first-order valence-electron chi connectivity index (χ1n) is 7.71. The third kappa shape index (κ3) is 7.59. The minimum Gasteiger partial charge on any atom is -0.316 e. The standard InChI is InChI=1S/C17H28ClN/c1-3-5-6-7-16(14-19-12-4-2)13-15-8-10-17(18)11-9-15/h8-11,16,19H,3-7,12-14H2,1-2H3. The highest BCUT2D eigenvalue weighted by Gasteiger charge is 2.09. The molecule has 0 saturated carbocycles. The summed E-state index contributed by atoms with van der Waals surface area (Å²) in [6.07, 6.45) is 7.71. The lowest BCUT2D eigenvalue weighted by Gasteiger charge is -2.17. The van der Waals surface area contributed by atoms with Gasteiger partial charge < -0.3 is 5.32 Å². The van der Waals surface area contributed by atoms with E-state index in [1.807, 2.05) is 12.1 Å². The highest BCUT2D eigenvalue weighted by atomic mass is 35.5. The summed E-state index contributed by atoms with van der Waals surface area (Å²) < 4.78 is 0. The molecule has 0 saturated heterocycles. The summed E-state index contributed by atoms with van der Waals surface area (Å²) in [5.41, 5.74) is 1.41. The van der Waals surface area contributed by atoms with Gasteiger partial charge in [0.2, 0.25) is 0 Å². The van der Waals surface area contributed by atoms with Gasteiger partial charge in [0.05, 0.1) is 0 Å². The number of hydrogen-bond donors (Lipinski definition) is 1. The fourth-order valence-corrected chi connectivity index (χ4v) is 2.52. The fourth-order valence-electron chi connectivity index (χ4n) is 2.40. The molecule has 0 fully saturated rings. The Labute approximate surface area is 123 Å². The Morgan fingerprint density at radius 1 is 1.05 bits per heavy atom. The van der Waals surface area contributed by atoms with Crippen molar-refractivity contribution in [1.82, 2.24) is 5.32 Å². The normalized spacial score (nSPS) is 12.6. The Bertz CT molecular complexity index is 311. The maximum Gasteiger partial charge on any atom is 0.0406 e. The summed E-state index contributed by atoms with van der Waals surface area (Å²) in [6.45, 7) is 6.76. The number of unbranched alkanes of at least 4 members (excludes halogenated alkanes) is 2. The van der Waals surface area contributed by atoms with E-state index < -0.39 is 0 Å². The first-order valence-corrected chi connectivity index (χ1v) is 8.09. The molecule has 0 amide bonds. The molecule has 0 radical (unpaired) electrons. The van der Waals surface area contributed by atoms with Gasteiger partial charge in [-0.05, 0) is 56.0 Å². The van der Waals surface area contributed by atoms with Crippen molar-refractivity contribution in [2.24, 2.45) is 5.92 Å². The molecule has 1 aromatic carbocycles. The second-order valence-corrected chi connectivity index (χ2v) is 5.83. The van der Waals surface area contributed by atoms with E-state index >= 15 is 0 Å². The van der Waals surface area contributed by atoms with Gasteiger partial charge in [0.1, 0.15) is 0 Å². The van der Waals surface area contributed by atoms with Gasteiger partial charge in [-0.3, -0.25) is 0 Å². The third-order valence-electron chi connectivity index (χ3n) is 3.51. The van der Waals surface area contributed by atoms with Crippen LogP contribution in [0.1, 0.15) is 51.5 Å². The SMILES string of the molecule is CCCCCC(CNCCC)Cc1ccc(Cl)cc1. The molecule has 1 nitrogen and oxygen atoms in total. The van der Waals surface area contributed by atoms with Crippen LogP contribution >= 0.6 is 11.6 Å². The summed E-state index contributed by atoms with van der Waals surface area (Å²) in [5, 5.41) is 4.40. The van der Waals surface area contributed by atoms with Crippen molar-refractivity contribution in [2.75, 3.05) is 13.1 Å². The Morgan fingerprint density at radius 3 is 2.42 bits per heavy atom. The Kier molecular flexibility index (Phi) is 8.94. The van der Waals surface area contributed by atoms with Crippen LogP contribution in [0.3, 0.4) is 0 Å². The quantitative estimate of drug-likeness (QED) is 0.590. The van der Waals surface area contributed by atoms with E-state index in [-0.39, 0.29) is 0 Å². The summed E-state index contributed by atoms with van der Waals surface area (Å²) in [7, 11) is 0. The second-order valence-electron chi connectivity index (χ2n) is 5.40. The molecule has 0 aliphatic heterocycles. The molecular weight excluding hydrogens is 254 g/mol. The highest BCUT2D eigenvalue weighted by Crippen LogP contribution is 2.17. The molecule has 1 atom stereocenters. The minimum absolute atomic E-state index is 0.749. The third-order valence-corrected chi connectivity index (χ3v) is 3.77. The van der Waals surface area contributed by atoms with Crippen LogP contribution in [0.15, 0.2) is 24.3 Å². The summed E-state index contributed by atoms with van der Waals surface area (Å²) in [6, 6.07) is 8.32. The maximum absolute atomic E-state index is 5.94. The van der Waals surface area contributed by atoms with E-state index in [2.05, 4.69) is 31.3 Å². The lowest BCUT2D eigenvalue weighted by Crippen LogP contribution is -2.25. The highest BCUT2D eigenvalue weighted by molar-refractivity contribution is 6.30. The molecule has 0 spiro atoms. The average molecular weight is 282 g/mol. The first-order chi connectivity index (χ1) is 9.26. The van der Waals surface area contributed by atoms with Gasteiger partial charge in [0.25, 0.3) is 0 Å². The van der Waals surface area contributed by atoms with Crippen LogP contribution in [0.5, 0.6) is 0 Å². The van der Waals surface area contributed by atoms with Crippen LogP contribution in [0.25, 0.3) is 0 Å². The zero-order valence-corrected chi connectivity index (χ0v) is 13.2. The molecule has 0 heterocycles. The van der Waals surface area contributed by atoms with Crippen molar-refractivity contribution in [1.29, 1.82) is 0 Å². The zero-order chi connectivity index (χ0) is 13.9. The van der Waals surface area contributed by atoms with Crippen molar-refractivity contribution in [3.05, 3.63) is 34.9 Å². The van der Waals surface area contributed by atoms with Crippen molar-refractivity contribution in [2.45, 2.75) is 52.4 Å². The lowest BCUT2D eigenvalue weighted by molar-refractivity contribution is 0.424. The predicted molar refractivity (Wildman–Crippen MR) is 85.9 cm³/mol. The van der Waals surface area contributed by atoms with Crippen LogP contribution in [0.4, 0.5) is 0 Å². The van der Waals surface area contributed by atoms with Gasteiger partial charge in [0, 0.05) is 5.02 Å². The lowest BCUT2D eigenvalue weighted by atomic mass is 9.93. The van der Waals surface area contributed by atoms with Crippen molar-refractivity contribution < 1.29 is 0 Å². The molecule has 1 unspecified atom stereocenters. The largest absolute Gasteiger partial charge is 0.316 e. The van der Waals surface area contributed by atoms with E-state index in [0.717, 1.165) is 30.5 Å². The number of halogens is 1. The predicted octanol–water partition coefficient (Wildman–Crippen LogP) is 5.08. The van der Waals surface area contributed by atoms with Gasteiger partial charge in [-0.25, -0.2) is 0 Å². The summed E-state index contributed by atoms with van der Waals surface area (Å²) in [5.74, 6) is 0.749. The molecule has 1 N–H and O–H groups in total. The van der Waals surface area contributed by atoms with Gasteiger partial charge in [0.15, 0.2) is 0 Å². The Balaban J connectivity index is 2.44. The van der Waals surface area contributed by atoms with Crippen LogP contribution in [-0.2, 0) is 6.42 Å². The average Bonchev–Trinajstić information content (AvgIpc) is 2.41. The van der Waals surface area contributed by atoms with E-state index in [9.17, 15) is 0 Å². The molecule has 19 heavy (non-hydrogen) atoms. The molecule has 0 aromatic heterocycles. The molecule has 108 valence electrons. The number of nitrogens with one attached hydrogen (secondary N) is 1. The van der Waals surface area contributed by atoms with E-state index in [4.69, 9.17) is 11.6 Å².